The molecule has 0 aromatic carbocycles. The van der Waals surface area contributed by atoms with Gasteiger partial charge in [-0.15, -0.1) is 11.3 Å². The van der Waals surface area contributed by atoms with Gasteiger partial charge in [-0.1, -0.05) is 5.16 Å². The average molecular weight is 320 g/mol. The van der Waals surface area contributed by atoms with Crippen molar-refractivity contribution in [1.29, 1.82) is 0 Å². The minimum Gasteiger partial charge on any atom is -0.361 e. The van der Waals surface area contributed by atoms with Gasteiger partial charge in [0.1, 0.15) is 12.3 Å². The molecule has 8 heteroatoms. The van der Waals surface area contributed by atoms with Gasteiger partial charge in [0, 0.05) is 30.2 Å². The molecule has 7 nitrogen and oxygen atoms in total. The number of rotatable bonds is 3. The Morgan fingerprint density at radius 2 is 2.23 bits per heavy atom. The Kier molecular flexibility index (Phi) is 3.93. The summed E-state index contributed by atoms with van der Waals surface area (Å²) in [5, 5.41) is 6.36. The molecule has 2 aromatic heterocycles. The number of amides is 2. The van der Waals surface area contributed by atoms with Gasteiger partial charge in [-0.25, -0.2) is 4.98 Å². The van der Waals surface area contributed by atoms with E-state index in [1.54, 1.807) is 22.9 Å². The molecular weight excluding hydrogens is 304 g/mol. The van der Waals surface area contributed by atoms with Crippen molar-refractivity contribution >= 4 is 28.3 Å². The highest BCUT2D eigenvalue weighted by Gasteiger charge is 2.29. The second kappa shape index (κ2) is 5.88. The summed E-state index contributed by atoms with van der Waals surface area (Å²) in [7, 11) is 0. The van der Waals surface area contributed by atoms with Crippen LogP contribution in [0.2, 0.25) is 0 Å². The maximum atomic E-state index is 12.4. The fourth-order valence-electron chi connectivity index (χ4n) is 2.45. The number of anilines is 1. The smallest absolute Gasteiger partial charge is 0.248 e. The number of nitrogens with zero attached hydrogens (tertiary/aromatic N) is 4. The first-order valence-electron chi connectivity index (χ1n) is 6.95. The van der Waals surface area contributed by atoms with E-state index in [9.17, 15) is 9.59 Å². The van der Waals surface area contributed by atoms with E-state index in [1.165, 1.54) is 11.3 Å². The summed E-state index contributed by atoms with van der Waals surface area (Å²) in [6.07, 6.45) is 1.88. The van der Waals surface area contributed by atoms with Crippen LogP contribution in [0.3, 0.4) is 0 Å². The number of hydrogen-bond donors (Lipinski definition) is 0. The van der Waals surface area contributed by atoms with Crippen molar-refractivity contribution in [3.8, 4) is 0 Å². The van der Waals surface area contributed by atoms with Crippen LogP contribution in [0.25, 0.3) is 0 Å². The Hall–Kier alpha value is -2.22. The molecule has 2 aromatic rings. The number of aromatic nitrogens is 2. The van der Waals surface area contributed by atoms with Gasteiger partial charge in [-0.2, -0.15) is 0 Å². The van der Waals surface area contributed by atoms with Crippen LogP contribution in [0.5, 0.6) is 0 Å². The van der Waals surface area contributed by atoms with E-state index in [0.29, 0.717) is 24.0 Å². The number of hydrogen-bond acceptors (Lipinski definition) is 6. The molecule has 0 atom stereocenters. The van der Waals surface area contributed by atoms with E-state index in [4.69, 9.17) is 4.52 Å². The first-order chi connectivity index (χ1) is 10.6. The molecule has 1 aliphatic heterocycles. The Morgan fingerprint density at radius 1 is 1.41 bits per heavy atom. The lowest BCUT2D eigenvalue weighted by atomic mass is 10.1. The average Bonchev–Trinajstić information content (AvgIpc) is 3.12. The standard InChI is InChI=1S/C14H16N4O3S/c1-9-11(10(2)21-16-9)7-12(19)17-4-5-18(13(20)8-17)14-15-3-6-22-14/h3,6H,4-5,7-8H2,1-2H3. The molecule has 0 bridgehead atoms. The van der Waals surface area contributed by atoms with Crippen molar-refractivity contribution < 1.29 is 14.1 Å². The molecule has 0 aliphatic carbocycles. The molecule has 0 saturated carbocycles. The molecule has 2 amide bonds. The molecule has 1 aliphatic rings. The second-order valence-electron chi connectivity index (χ2n) is 5.15. The molecule has 116 valence electrons. The lowest BCUT2D eigenvalue weighted by molar-refractivity contribution is -0.136. The molecule has 0 radical (unpaired) electrons. The van der Waals surface area contributed by atoms with Gasteiger partial charge < -0.3 is 9.42 Å². The van der Waals surface area contributed by atoms with Crippen molar-refractivity contribution in [2.45, 2.75) is 20.3 Å². The van der Waals surface area contributed by atoms with Crippen LogP contribution in [0.4, 0.5) is 5.13 Å². The highest BCUT2D eigenvalue weighted by atomic mass is 32.1. The molecule has 1 fully saturated rings. The van der Waals surface area contributed by atoms with E-state index in [-0.39, 0.29) is 24.8 Å². The number of carbonyl (C=O) groups excluding carboxylic acids is 2. The summed E-state index contributed by atoms with van der Waals surface area (Å²) >= 11 is 1.42. The molecular formula is C14H16N4O3S. The molecule has 0 spiro atoms. The van der Waals surface area contributed by atoms with Crippen LogP contribution in [-0.4, -0.2) is 46.5 Å². The molecule has 3 rings (SSSR count). The third-order valence-corrected chi connectivity index (χ3v) is 4.53. The second-order valence-corrected chi connectivity index (χ2v) is 6.03. The molecule has 1 saturated heterocycles. The maximum absolute atomic E-state index is 12.4. The summed E-state index contributed by atoms with van der Waals surface area (Å²) < 4.78 is 5.07. The van der Waals surface area contributed by atoms with Crippen molar-refractivity contribution in [2.75, 3.05) is 24.5 Å². The Morgan fingerprint density at radius 3 is 2.82 bits per heavy atom. The van der Waals surface area contributed by atoms with Gasteiger partial charge >= 0.3 is 0 Å². The minimum atomic E-state index is -0.103. The summed E-state index contributed by atoms with van der Waals surface area (Å²) in [5.41, 5.74) is 1.53. The number of aryl methyl sites for hydroxylation is 2. The minimum absolute atomic E-state index is 0.0819. The largest absolute Gasteiger partial charge is 0.361 e. The number of piperazine rings is 1. The predicted octanol–water partition coefficient (Wildman–Crippen LogP) is 1.17. The first kappa shape index (κ1) is 14.7. The zero-order chi connectivity index (χ0) is 15.7. The summed E-state index contributed by atoms with van der Waals surface area (Å²) in [6, 6.07) is 0. The van der Waals surface area contributed by atoms with E-state index in [1.807, 2.05) is 12.3 Å². The van der Waals surface area contributed by atoms with Gasteiger partial charge in [0.15, 0.2) is 5.13 Å². The summed E-state index contributed by atoms with van der Waals surface area (Å²) in [6.45, 7) is 4.66. The number of carbonyl (C=O) groups is 2. The Balaban J connectivity index is 1.65. The summed E-state index contributed by atoms with van der Waals surface area (Å²) in [5.74, 6) is 0.466. The van der Waals surface area contributed by atoms with E-state index < -0.39 is 0 Å². The highest BCUT2D eigenvalue weighted by Crippen LogP contribution is 2.20. The van der Waals surface area contributed by atoms with Crippen LogP contribution in [0, 0.1) is 13.8 Å². The van der Waals surface area contributed by atoms with Gasteiger partial charge in [-0.3, -0.25) is 14.5 Å². The van der Waals surface area contributed by atoms with Crippen molar-refractivity contribution in [3.63, 3.8) is 0 Å². The normalized spacial score (nSPS) is 15.5. The monoisotopic (exact) mass is 320 g/mol. The van der Waals surface area contributed by atoms with Crippen LogP contribution >= 0.6 is 11.3 Å². The van der Waals surface area contributed by atoms with Gasteiger partial charge in [0.25, 0.3) is 0 Å². The molecule has 3 heterocycles. The summed E-state index contributed by atoms with van der Waals surface area (Å²) in [4.78, 5) is 31.9. The first-order valence-corrected chi connectivity index (χ1v) is 7.83. The Labute approximate surface area is 131 Å². The zero-order valence-electron chi connectivity index (χ0n) is 12.4. The lowest BCUT2D eigenvalue weighted by Crippen LogP contribution is -2.52. The van der Waals surface area contributed by atoms with Crippen molar-refractivity contribution in [3.05, 3.63) is 28.6 Å². The molecule has 22 heavy (non-hydrogen) atoms. The van der Waals surface area contributed by atoms with Crippen LogP contribution in [0.1, 0.15) is 17.0 Å². The SMILES string of the molecule is Cc1noc(C)c1CC(=O)N1CCN(c2nccs2)C(=O)C1. The van der Waals surface area contributed by atoms with Crippen LogP contribution in [0.15, 0.2) is 16.1 Å². The quantitative estimate of drug-likeness (QED) is 0.848. The third-order valence-electron chi connectivity index (χ3n) is 3.73. The predicted molar refractivity (Wildman–Crippen MR) is 80.7 cm³/mol. The molecule has 0 N–H and O–H groups in total. The van der Waals surface area contributed by atoms with Crippen LogP contribution < -0.4 is 4.90 Å². The number of thiazole rings is 1. The third kappa shape index (κ3) is 2.74. The topological polar surface area (TPSA) is 79.5 Å². The van der Waals surface area contributed by atoms with Crippen LogP contribution in [-0.2, 0) is 16.0 Å². The fourth-order valence-corrected chi connectivity index (χ4v) is 3.14. The maximum Gasteiger partial charge on any atom is 0.248 e. The Bertz CT molecular complexity index is 676. The fraction of sp³-hybridized carbons (Fsp3) is 0.429. The van der Waals surface area contributed by atoms with Gasteiger partial charge in [0.2, 0.25) is 11.8 Å². The van der Waals surface area contributed by atoms with Gasteiger partial charge in [-0.05, 0) is 13.8 Å². The van der Waals surface area contributed by atoms with Gasteiger partial charge in [0.05, 0.1) is 12.1 Å². The molecule has 0 unspecified atom stereocenters. The highest BCUT2D eigenvalue weighted by molar-refractivity contribution is 7.13. The van der Waals surface area contributed by atoms with E-state index >= 15 is 0 Å². The zero-order valence-corrected chi connectivity index (χ0v) is 13.2. The van der Waals surface area contributed by atoms with Crippen molar-refractivity contribution in [2.24, 2.45) is 0 Å². The lowest BCUT2D eigenvalue weighted by Gasteiger charge is -2.32. The van der Waals surface area contributed by atoms with E-state index in [2.05, 4.69) is 10.1 Å². The van der Waals surface area contributed by atoms with E-state index in [0.717, 1.165) is 11.3 Å². The van der Waals surface area contributed by atoms with Crippen molar-refractivity contribution in [1.82, 2.24) is 15.0 Å².